The Morgan fingerprint density at radius 2 is 1.61 bits per heavy atom. The molecule has 0 spiro atoms. The van der Waals surface area contributed by atoms with Crippen molar-refractivity contribution in [1.29, 1.82) is 0 Å². The number of sulfonamides is 1. The second-order valence-electron chi connectivity index (χ2n) is 10.2. The van der Waals surface area contributed by atoms with E-state index in [4.69, 9.17) is 23.2 Å². The van der Waals surface area contributed by atoms with Crippen LogP contribution in [0.15, 0.2) is 65.6 Å². The summed E-state index contributed by atoms with van der Waals surface area (Å²) in [6, 6.07) is 15.7. The summed E-state index contributed by atoms with van der Waals surface area (Å²) in [4.78, 5) is 28.5. The predicted octanol–water partition coefficient (Wildman–Crippen LogP) is 6.45. The van der Waals surface area contributed by atoms with Crippen molar-refractivity contribution < 1.29 is 18.0 Å². The lowest BCUT2D eigenvalue weighted by atomic mass is 10.1. The van der Waals surface area contributed by atoms with Gasteiger partial charge >= 0.3 is 0 Å². The van der Waals surface area contributed by atoms with Gasteiger partial charge in [-0.3, -0.25) is 13.9 Å². The zero-order valence-corrected chi connectivity index (χ0v) is 26.4. The fraction of sp³-hybridized carbons (Fsp3) is 0.355. The van der Waals surface area contributed by atoms with Crippen LogP contribution in [0.3, 0.4) is 0 Å². The van der Waals surface area contributed by atoms with Gasteiger partial charge in [0.15, 0.2) is 0 Å². The minimum Gasteiger partial charge on any atom is -0.354 e. The van der Waals surface area contributed by atoms with E-state index < -0.39 is 28.5 Å². The maximum absolute atomic E-state index is 14.0. The number of amides is 2. The van der Waals surface area contributed by atoms with Crippen LogP contribution in [0.4, 0.5) is 5.69 Å². The van der Waals surface area contributed by atoms with Gasteiger partial charge in [0.1, 0.15) is 12.6 Å². The number of halogens is 2. The fourth-order valence-corrected chi connectivity index (χ4v) is 6.07. The zero-order valence-electron chi connectivity index (χ0n) is 24.1. The first kappa shape index (κ1) is 32.4. The van der Waals surface area contributed by atoms with E-state index in [1.54, 1.807) is 49.4 Å². The monoisotopic (exact) mass is 617 g/mol. The third-order valence-electron chi connectivity index (χ3n) is 7.02. The third kappa shape index (κ3) is 8.24. The Bertz CT molecular complexity index is 1490. The van der Waals surface area contributed by atoms with Crippen LogP contribution in [0.25, 0.3) is 0 Å². The van der Waals surface area contributed by atoms with Gasteiger partial charge in [-0.1, -0.05) is 66.4 Å². The van der Waals surface area contributed by atoms with E-state index in [1.807, 2.05) is 33.8 Å². The average molecular weight is 619 g/mol. The van der Waals surface area contributed by atoms with E-state index in [-0.39, 0.29) is 17.3 Å². The molecular formula is C31H37Cl2N3O4S. The first-order valence-corrected chi connectivity index (χ1v) is 15.7. The van der Waals surface area contributed by atoms with Crippen LogP contribution < -0.4 is 9.62 Å². The minimum atomic E-state index is -4.14. The molecular weight excluding hydrogens is 581 g/mol. The molecule has 0 aromatic heterocycles. The van der Waals surface area contributed by atoms with Crippen molar-refractivity contribution in [2.45, 2.75) is 64.9 Å². The Labute approximate surface area is 253 Å². The molecule has 220 valence electrons. The molecule has 7 nitrogen and oxygen atoms in total. The van der Waals surface area contributed by atoms with Crippen molar-refractivity contribution in [3.05, 3.63) is 93.0 Å². The summed E-state index contributed by atoms with van der Waals surface area (Å²) in [6.45, 7) is 9.27. The minimum absolute atomic E-state index is 0.0114. The van der Waals surface area contributed by atoms with Crippen LogP contribution in [0.1, 0.15) is 48.9 Å². The lowest BCUT2D eigenvalue weighted by molar-refractivity contribution is -0.139. The molecule has 0 saturated heterocycles. The second-order valence-corrected chi connectivity index (χ2v) is 12.9. The first-order valence-electron chi connectivity index (χ1n) is 13.5. The molecule has 0 bridgehead atoms. The van der Waals surface area contributed by atoms with E-state index in [9.17, 15) is 18.0 Å². The van der Waals surface area contributed by atoms with Crippen molar-refractivity contribution in [2.24, 2.45) is 0 Å². The quantitative estimate of drug-likeness (QED) is 0.237. The molecule has 1 N–H and O–H groups in total. The molecule has 3 aromatic rings. The molecule has 41 heavy (non-hydrogen) atoms. The Kier molecular flexibility index (Phi) is 11.2. The third-order valence-corrected chi connectivity index (χ3v) is 9.39. The summed E-state index contributed by atoms with van der Waals surface area (Å²) < 4.78 is 29.0. The summed E-state index contributed by atoms with van der Waals surface area (Å²) in [5.41, 5.74) is 3.71. The molecule has 10 heteroatoms. The summed E-state index contributed by atoms with van der Waals surface area (Å²) in [7, 11) is -4.14. The Balaban J connectivity index is 2.05. The number of hydrogen-bond acceptors (Lipinski definition) is 4. The maximum Gasteiger partial charge on any atom is 0.264 e. The number of carbonyl (C=O) groups is 2. The predicted molar refractivity (Wildman–Crippen MR) is 166 cm³/mol. The molecule has 1 atom stereocenters. The SMILES string of the molecule is CCCCNC(=O)C(C)N(Cc1ccc(Cl)cc1Cl)C(=O)CN(c1ccc(C)c(C)c1)S(=O)(=O)c1ccc(C)cc1. The number of nitrogens with one attached hydrogen (secondary N) is 1. The Morgan fingerprint density at radius 1 is 0.927 bits per heavy atom. The number of hydrogen-bond donors (Lipinski definition) is 1. The van der Waals surface area contributed by atoms with E-state index in [1.165, 1.54) is 17.0 Å². The molecule has 0 saturated carbocycles. The molecule has 0 aliphatic rings. The number of carbonyl (C=O) groups excluding carboxylic acids is 2. The van der Waals surface area contributed by atoms with E-state index in [0.29, 0.717) is 27.8 Å². The zero-order chi connectivity index (χ0) is 30.3. The number of nitrogens with zero attached hydrogens (tertiary/aromatic N) is 2. The van der Waals surface area contributed by atoms with Crippen molar-refractivity contribution >= 4 is 50.7 Å². The summed E-state index contributed by atoms with van der Waals surface area (Å²) in [5, 5.41) is 3.65. The van der Waals surface area contributed by atoms with Gasteiger partial charge < -0.3 is 10.2 Å². The Hall–Kier alpha value is -3.07. The van der Waals surface area contributed by atoms with Crippen molar-refractivity contribution in [3.8, 4) is 0 Å². The normalized spacial score (nSPS) is 12.1. The number of anilines is 1. The molecule has 1 unspecified atom stereocenters. The van der Waals surface area contributed by atoms with Gasteiger partial charge in [-0.05, 0) is 87.2 Å². The van der Waals surface area contributed by atoms with Crippen molar-refractivity contribution in [1.82, 2.24) is 10.2 Å². The standard InChI is InChI=1S/C31H37Cl2N3O4S/c1-6-7-16-34-31(38)24(5)35(19-25-11-12-26(32)18-29(25)33)30(37)20-36(27-13-10-22(3)23(4)17-27)41(39,40)28-14-8-21(2)9-15-28/h8-15,17-18,24H,6-7,16,19-20H2,1-5H3,(H,34,38). The Morgan fingerprint density at radius 3 is 2.22 bits per heavy atom. The highest BCUT2D eigenvalue weighted by molar-refractivity contribution is 7.92. The van der Waals surface area contributed by atoms with Crippen LogP contribution in [0, 0.1) is 20.8 Å². The molecule has 2 amide bonds. The molecule has 0 heterocycles. The van der Waals surface area contributed by atoms with E-state index >= 15 is 0 Å². The summed E-state index contributed by atoms with van der Waals surface area (Å²) in [5.74, 6) is -0.890. The van der Waals surface area contributed by atoms with Gasteiger partial charge in [-0.15, -0.1) is 0 Å². The molecule has 3 rings (SSSR count). The molecule has 3 aromatic carbocycles. The van der Waals surface area contributed by atoms with Crippen LogP contribution in [-0.4, -0.2) is 44.3 Å². The lowest BCUT2D eigenvalue weighted by Crippen LogP contribution is -2.51. The highest BCUT2D eigenvalue weighted by atomic mass is 35.5. The fourth-order valence-electron chi connectivity index (χ4n) is 4.20. The number of benzene rings is 3. The van der Waals surface area contributed by atoms with E-state index in [2.05, 4.69) is 5.32 Å². The maximum atomic E-state index is 14.0. The molecule has 0 aliphatic heterocycles. The second kappa shape index (κ2) is 14.2. The molecule has 0 fully saturated rings. The summed E-state index contributed by atoms with van der Waals surface area (Å²) in [6.07, 6.45) is 1.70. The van der Waals surface area contributed by atoms with Gasteiger partial charge in [0.05, 0.1) is 10.6 Å². The van der Waals surface area contributed by atoms with Crippen molar-refractivity contribution in [2.75, 3.05) is 17.4 Å². The number of aryl methyl sites for hydroxylation is 3. The highest BCUT2D eigenvalue weighted by Crippen LogP contribution is 2.28. The van der Waals surface area contributed by atoms with Crippen LogP contribution in [0.5, 0.6) is 0 Å². The van der Waals surface area contributed by atoms with Gasteiger partial charge in [0.25, 0.3) is 10.0 Å². The van der Waals surface area contributed by atoms with Gasteiger partial charge in [-0.2, -0.15) is 0 Å². The summed E-state index contributed by atoms with van der Waals surface area (Å²) >= 11 is 12.5. The molecule has 0 aliphatic carbocycles. The number of rotatable bonds is 12. The average Bonchev–Trinajstić information content (AvgIpc) is 2.92. The van der Waals surface area contributed by atoms with Gasteiger partial charge in [0, 0.05) is 23.1 Å². The van der Waals surface area contributed by atoms with Crippen LogP contribution >= 0.6 is 23.2 Å². The van der Waals surface area contributed by atoms with E-state index in [0.717, 1.165) is 33.8 Å². The first-order chi connectivity index (χ1) is 19.3. The van der Waals surface area contributed by atoms with Crippen LogP contribution in [-0.2, 0) is 26.2 Å². The van der Waals surface area contributed by atoms with Gasteiger partial charge in [0.2, 0.25) is 11.8 Å². The van der Waals surface area contributed by atoms with Crippen LogP contribution in [0.2, 0.25) is 10.0 Å². The highest BCUT2D eigenvalue weighted by Gasteiger charge is 2.33. The van der Waals surface area contributed by atoms with Gasteiger partial charge in [-0.25, -0.2) is 8.42 Å². The largest absolute Gasteiger partial charge is 0.354 e. The topological polar surface area (TPSA) is 86.8 Å². The molecule has 0 radical (unpaired) electrons. The smallest absolute Gasteiger partial charge is 0.264 e. The van der Waals surface area contributed by atoms with Crippen molar-refractivity contribution in [3.63, 3.8) is 0 Å². The lowest BCUT2D eigenvalue weighted by Gasteiger charge is -2.32. The number of unbranched alkanes of at least 4 members (excludes halogenated alkanes) is 1.